The number of aromatic nitrogens is 1. The van der Waals surface area contributed by atoms with E-state index in [1.807, 2.05) is 0 Å². The van der Waals surface area contributed by atoms with Gasteiger partial charge in [0.2, 0.25) is 5.43 Å². The molecule has 0 unspecified atom stereocenters. The highest BCUT2D eigenvalue weighted by molar-refractivity contribution is 7.85. The maximum absolute atomic E-state index is 15.2. The largest absolute Gasteiger partial charge is 0.487 e. The normalized spacial score (nSPS) is 22.8. The minimum atomic E-state index is -3.77. The monoisotopic (exact) mass is 456 g/mol. The van der Waals surface area contributed by atoms with Crippen LogP contribution in [0.3, 0.4) is 0 Å². The maximum atomic E-state index is 15.2. The van der Waals surface area contributed by atoms with Crippen molar-refractivity contribution >= 4 is 32.7 Å². The maximum Gasteiger partial charge on any atom is 0.341 e. The Morgan fingerprint density at radius 3 is 2.77 bits per heavy atom. The number of hydrogen-bond donors (Lipinski definition) is 2. The van der Waals surface area contributed by atoms with Gasteiger partial charge in [-0.05, 0) is 13.0 Å². The summed E-state index contributed by atoms with van der Waals surface area (Å²) in [6.45, 7) is 1.52. The lowest BCUT2D eigenvalue weighted by Crippen LogP contribution is -2.41. The Morgan fingerprint density at radius 2 is 2.16 bits per heavy atom. The number of aromatic carboxylic acids is 1. The predicted molar refractivity (Wildman–Crippen MR) is 108 cm³/mol. The Labute approximate surface area is 176 Å². The lowest BCUT2D eigenvalue weighted by atomic mass is 10.0. The van der Waals surface area contributed by atoms with Gasteiger partial charge in [-0.3, -0.25) is 8.98 Å². The van der Waals surface area contributed by atoms with Crippen molar-refractivity contribution in [3.63, 3.8) is 0 Å². The van der Waals surface area contributed by atoms with E-state index in [1.54, 1.807) is 11.8 Å². The van der Waals surface area contributed by atoms with Crippen LogP contribution < -0.4 is 15.1 Å². The summed E-state index contributed by atoms with van der Waals surface area (Å²) in [5.74, 6) is -2.14. The van der Waals surface area contributed by atoms with Crippen LogP contribution in [0.4, 0.5) is 10.1 Å². The lowest BCUT2D eigenvalue weighted by Gasteiger charge is -2.34. The van der Waals surface area contributed by atoms with Crippen LogP contribution in [0.25, 0.3) is 10.9 Å². The number of carboxylic acid groups (broad SMARTS) is 1. The number of nitrogens with zero attached hydrogens (tertiary/aromatic N) is 2. The van der Waals surface area contributed by atoms with Crippen LogP contribution in [0.5, 0.6) is 5.75 Å². The zero-order valence-corrected chi connectivity index (χ0v) is 17.6. The molecule has 0 bridgehead atoms. The van der Waals surface area contributed by atoms with Gasteiger partial charge in [-0.25, -0.2) is 9.18 Å². The molecular formula is C19H21FN2O8S. The van der Waals surface area contributed by atoms with E-state index in [0.717, 1.165) is 12.3 Å². The molecule has 1 aromatic heterocycles. The third-order valence-electron chi connectivity index (χ3n) is 5.59. The number of rotatable bonds is 5. The number of carboxylic acids is 1. The van der Waals surface area contributed by atoms with Gasteiger partial charge in [-0.1, -0.05) is 0 Å². The molecule has 10 nitrogen and oxygen atoms in total. The van der Waals surface area contributed by atoms with E-state index in [1.165, 1.54) is 10.8 Å². The Bertz CT molecular complexity index is 1260. The van der Waals surface area contributed by atoms with E-state index in [4.69, 9.17) is 8.92 Å². The van der Waals surface area contributed by atoms with E-state index >= 15 is 4.39 Å². The SMILES string of the molecule is CCn1cc(C(=O)O)c(=O)c2cc(F)c3c(c21)OC[C@@H]1C[C@@](O)(COS(C)(=O)=O)CN31. The molecule has 0 amide bonds. The number of ether oxygens (including phenoxy) is 1. The van der Waals surface area contributed by atoms with Crippen molar-refractivity contribution in [2.75, 3.05) is 30.9 Å². The number of fused-ring (bicyclic) bond motifs is 5. The number of pyridine rings is 1. The van der Waals surface area contributed by atoms with Crippen LogP contribution >= 0.6 is 0 Å². The van der Waals surface area contributed by atoms with Gasteiger partial charge in [0.15, 0.2) is 11.6 Å². The standard InChI is InChI=1S/C19H21FN2O8S/c1-3-21-6-12(18(24)25)16(23)11-4-13(20)15-17(14(11)21)29-7-10-5-19(26,8-22(10)15)9-30-31(2,27)28/h4,6,10,26H,3,5,7-9H2,1-2H3,(H,24,25)/t10-,19-/m0/s1. The third kappa shape index (κ3) is 3.64. The predicted octanol–water partition coefficient (Wildman–Crippen LogP) is 0.537. The van der Waals surface area contributed by atoms with Gasteiger partial charge in [0.25, 0.3) is 10.1 Å². The van der Waals surface area contributed by atoms with Crippen LogP contribution in [0.1, 0.15) is 23.7 Å². The molecule has 31 heavy (non-hydrogen) atoms. The first-order valence-electron chi connectivity index (χ1n) is 9.53. The summed E-state index contributed by atoms with van der Waals surface area (Å²) >= 11 is 0. The minimum Gasteiger partial charge on any atom is -0.487 e. The average Bonchev–Trinajstić information content (AvgIpc) is 3.03. The second-order valence-electron chi connectivity index (χ2n) is 7.88. The molecule has 3 heterocycles. The molecule has 2 N–H and O–H groups in total. The van der Waals surface area contributed by atoms with Gasteiger partial charge in [0.05, 0.1) is 29.8 Å². The fraction of sp³-hybridized carbons (Fsp3) is 0.474. The second-order valence-corrected chi connectivity index (χ2v) is 9.53. The van der Waals surface area contributed by atoms with Crippen LogP contribution in [-0.2, 0) is 20.8 Å². The quantitative estimate of drug-likeness (QED) is 0.618. The number of aryl methyl sites for hydroxylation is 1. The summed E-state index contributed by atoms with van der Waals surface area (Å²) in [5.41, 5.74) is -2.55. The summed E-state index contributed by atoms with van der Waals surface area (Å²) in [4.78, 5) is 25.7. The van der Waals surface area contributed by atoms with Crippen molar-refractivity contribution in [2.24, 2.45) is 0 Å². The molecule has 1 fully saturated rings. The van der Waals surface area contributed by atoms with Gasteiger partial charge in [-0.15, -0.1) is 0 Å². The van der Waals surface area contributed by atoms with Crippen molar-refractivity contribution in [2.45, 2.75) is 31.5 Å². The van der Waals surface area contributed by atoms with Gasteiger partial charge >= 0.3 is 5.97 Å². The summed E-state index contributed by atoms with van der Waals surface area (Å²) in [6, 6.07) is 0.540. The molecule has 0 aliphatic carbocycles. The number of hydrogen-bond acceptors (Lipinski definition) is 8. The molecule has 2 aliphatic heterocycles. The van der Waals surface area contributed by atoms with Crippen molar-refractivity contribution in [3.05, 3.63) is 33.9 Å². The second kappa shape index (κ2) is 7.18. The first-order valence-corrected chi connectivity index (χ1v) is 11.3. The minimum absolute atomic E-state index is 0.0312. The zero-order chi connectivity index (χ0) is 22.7. The molecule has 2 atom stereocenters. The van der Waals surface area contributed by atoms with E-state index in [0.29, 0.717) is 6.54 Å². The van der Waals surface area contributed by atoms with Crippen molar-refractivity contribution in [1.29, 1.82) is 0 Å². The molecule has 4 rings (SSSR count). The number of halogens is 1. The Hall–Kier alpha value is -2.70. The molecule has 0 spiro atoms. The Balaban J connectivity index is 1.85. The summed E-state index contributed by atoms with van der Waals surface area (Å²) in [7, 11) is -3.77. The molecule has 2 aliphatic rings. The van der Waals surface area contributed by atoms with Crippen molar-refractivity contribution in [1.82, 2.24) is 4.57 Å². The van der Waals surface area contributed by atoms with Gasteiger partial charge < -0.3 is 24.4 Å². The van der Waals surface area contributed by atoms with Crippen LogP contribution in [0.2, 0.25) is 0 Å². The molecular weight excluding hydrogens is 435 g/mol. The number of anilines is 1. The topological polar surface area (TPSA) is 135 Å². The number of benzene rings is 1. The Morgan fingerprint density at radius 1 is 1.45 bits per heavy atom. The van der Waals surface area contributed by atoms with Crippen LogP contribution in [0.15, 0.2) is 17.1 Å². The molecule has 1 aromatic carbocycles. The first-order chi connectivity index (χ1) is 14.4. The van der Waals surface area contributed by atoms with E-state index in [9.17, 15) is 28.2 Å². The van der Waals surface area contributed by atoms with E-state index in [-0.39, 0.29) is 41.9 Å². The zero-order valence-electron chi connectivity index (χ0n) is 16.8. The fourth-order valence-corrected chi connectivity index (χ4v) is 4.70. The van der Waals surface area contributed by atoms with Gasteiger partial charge in [0.1, 0.15) is 23.5 Å². The molecule has 12 heteroatoms. The van der Waals surface area contributed by atoms with Gasteiger partial charge in [-0.2, -0.15) is 8.42 Å². The highest BCUT2D eigenvalue weighted by Gasteiger charge is 2.48. The summed E-state index contributed by atoms with van der Waals surface area (Å²) < 4.78 is 49.9. The molecule has 0 radical (unpaired) electrons. The first kappa shape index (κ1) is 21.5. The van der Waals surface area contributed by atoms with Gasteiger partial charge in [0, 0.05) is 25.7 Å². The molecule has 2 aromatic rings. The van der Waals surface area contributed by atoms with Crippen molar-refractivity contribution in [3.8, 4) is 5.75 Å². The van der Waals surface area contributed by atoms with E-state index < -0.39 is 51.1 Å². The lowest BCUT2D eigenvalue weighted by molar-refractivity contribution is 0.0133. The van der Waals surface area contributed by atoms with Crippen LogP contribution in [-0.4, -0.2) is 66.8 Å². The highest BCUT2D eigenvalue weighted by atomic mass is 32.2. The van der Waals surface area contributed by atoms with Crippen LogP contribution in [0, 0.1) is 5.82 Å². The summed E-state index contributed by atoms with van der Waals surface area (Å²) in [5, 5.41) is 20.0. The smallest absolute Gasteiger partial charge is 0.341 e. The average molecular weight is 456 g/mol. The molecule has 168 valence electrons. The summed E-state index contributed by atoms with van der Waals surface area (Å²) in [6.07, 6.45) is 2.16. The fourth-order valence-electron chi connectivity index (χ4n) is 4.27. The highest BCUT2D eigenvalue weighted by Crippen LogP contribution is 2.46. The molecule has 1 saturated heterocycles. The third-order valence-corrected chi connectivity index (χ3v) is 6.13. The number of carbonyl (C=O) groups is 1. The number of aliphatic hydroxyl groups is 1. The van der Waals surface area contributed by atoms with E-state index in [2.05, 4.69) is 0 Å². The Kier molecular flexibility index (Phi) is 4.98. The molecule has 0 saturated carbocycles. The van der Waals surface area contributed by atoms with Crippen molar-refractivity contribution < 1.29 is 36.7 Å².